The third kappa shape index (κ3) is 4.07. The summed E-state index contributed by atoms with van der Waals surface area (Å²) < 4.78 is 6.49. The Morgan fingerprint density at radius 3 is 2.07 bits per heavy atom. The molecule has 0 fully saturated rings. The fourth-order valence-corrected chi connectivity index (χ4v) is 4.38. The number of hydrogen-bond acceptors (Lipinski definition) is 2. The number of alkyl carbamates (subject to hydrolysis) is 1. The third-order valence-corrected chi connectivity index (χ3v) is 6.24. The van der Waals surface area contributed by atoms with Gasteiger partial charge in [-0.25, -0.2) is 4.79 Å². The lowest BCUT2D eigenvalue weighted by Crippen LogP contribution is -2.38. The van der Waals surface area contributed by atoms with E-state index < -0.39 is 0 Å². The van der Waals surface area contributed by atoms with Crippen LogP contribution in [0.5, 0.6) is 0 Å². The highest BCUT2D eigenvalue weighted by molar-refractivity contribution is 14.1. The lowest BCUT2D eigenvalue weighted by atomic mass is 9.98. The molecule has 1 aliphatic carbocycles. The molecule has 0 saturated heterocycles. The summed E-state index contributed by atoms with van der Waals surface area (Å²) >= 11 is 2.31. The summed E-state index contributed by atoms with van der Waals surface area (Å²) in [5.74, 6) is 0.0883. The standard InChI is InChI=1S/C24H22INO2/c25-15-18(14-17-8-2-1-3-9-17)26-24(27)28-16-23-21-12-6-4-10-19(21)20-11-5-7-13-22(20)23/h1-13,18,23H,14-16H2,(H,26,27)/t18-/m0/s1. The van der Waals surface area contributed by atoms with Gasteiger partial charge < -0.3 is 10.1 Å². The zero-order valence-electron chi connectivity index (χ0n) is 15.5. The van der Waals surface area contributed by atoms with Gasteiger partial charge in [-0.2, -0.15) is 0 Å². The Hall–Kier alpha value is -2.34. The van der Waals surface area contributed by atoms with Gasteiger partial charge >= 0.3 is 6.09 Å². The van der Waals surface area contributed by atoms with Gasteiger partial charge in [0.25, 0.3) is 0 Å². The quantitative estimate of drug-likeness (QED) is 0.368. The van der Waals surface area contributed by atoms with Crippen LogP contribution in [0.15, 0.2) is 78.9 Å². The number of carbonyl (C=O) groups is 1. The number of carbonyl (C=O) groups excluding carboxylic acids is 1. The zero-order valence-corrected chi connectivity index (χ0v) is 17.6. The Labute approximate surface area is 179 Å². The summed E-state index contributed by atoms with van der Waals surface area (Å²) in [5.41, 5.74) is 6.14. The Balaban J connectivity index is 1.41. The molecule has 0 aromatic heterocycles. The summed E-state index contributed by atoms with van der Waals surface area (Å²) in [4.78, 5) is 12.4. The number of rotatable bonds is 6. The topological polar surface area (TPSA) is 38.3 Å². The minimum atomic E-state index is -0.348. The zero-order chi connectivity index (χ0) is 19.3. The molecule has 3 nitrogen and oxygen atoms in total. The van der Waals surface area contributed by atoms with Crippen molar-refractivity contribution in [2.75, 3.05) is 11.0 Å². The fraction of sp³-hybridized carbons (Fsp3) is 0.208. The molecule has 1 N–H and O–H groups in total. The number of hydrogen-bond donors (Lipinski definition) is 1. The van der Waals surface area contributed by atoms with E-state index in [0.717, 1.165) is 10.8 Å². The van der Waals surface area contributed by atoms with E-state index in [1.807, 2.05) is 30.3 Å². The molecule has 3 aromatic rings. The van der Waals surface area contributed by atoms with Crippen LogP contribution in [0.25, 0.3) is 11.1 Å². The maximum Gasteiger partial charge on any atom is 0.407 e. The first-order valence-electron chi connectivity index (χ1n) is 9.47. The monoisotopic (exact) mass is 483 g/mol. The molecule has 1 aliphatic rings. The van der Waals surface area contributed by atoms with E-state index in [-0.39, 0.29) is 18.1 Å². The molecule has 142 valence electrons. The van der Waals surface area contributed by atoms with Crippen LogP contribution in [0.2, 0.25) is 0 Å². The van der Waals surface area contributed by atoms with Gasteiger partial charge in [-0.05, 0) is 34.2 Å². The molecule has 0 radical (unpaired) electrons. The lowest BCUT2D eigenvalue weighted by molar-refractivity contribution is 0.140. The second-order valence-corrected chi connectivity index (χ2v) is 7.89. The van der Waals surface area contributed by atoms with Gasteiger partial charge in [0.1, 0.15) is 6.61 Å². The van der Waals surface area contributed by atoms with Crippen molar-refractivity contribution in [3.8, 4) is 11.1 Å². The summed E-state index contributed by atoms with van der Waals surface area (Å²) in [7, 11) is 0. The predicted molar refractivity (Wildman–Crippen MR) is 121 cm³/mol. The van der Waals surface area contributed by atoms with E-state index in [4.69, 9.17) is 4.74 Å². The predicted octanol–water partition coefficient (Wildman–Crippen LogP) is 5.57. The minimum Gasteiger partial charge on any atom is -0.449 e. The van der Waals surface area contributed by atoms with Crippen molar-refractivity contribution < 1.29 is 9.53 Å². The van der Waals surface area contributed by atoms with Crippen LogP contribution in [-0.4, -0.2) is 23.2 Å². The largest absolute Gasteiger partial charge is 0.449 e. The molecule has 4 rings (SSSR count). The average molecular weight is 483 g/mol. The van der Waals surface area contributed by atoms with Crippen molar-refractivity contribution in [2.45, 2.75) is 18.4 Å². The Kier molecular flexibility index (Phi) is 5.95. The number of nitrogens with one attached hydrogen (secondary N) is 1. The van der Waals surface area contributed by atoms with Gasteiger partial charge in [0.2, 0.25) is 0 Å². The molecular weight excluding hydrogens is 461 g/mol. The van der Waals surface area contributed by atoms with Crippen molar-refractivity contribution in [3.63, 3.8) is 0 Å². The summed E-state index contributed by atoms with van der Waals surface area (Å²) in [5, 5.41) is 3.02. The van der Waals surface area contributed by atoms with Gasteiger partial charge in [-0.1, -0.05) is 101 Å². The fourth-order valence-electron chi connectivity index (χ4n) is 3.85. The molecule has 0 saturated carbocycles. The van der Waals surface area contributed by atoms with Crippen LogP contribution in [0.3, 0.4) is 0 Å². The molecule has 1 atom stereocenters. The van der Waals surface area contributed by atoms with E-state index in [0.29, 0.717) is 6.61 Å². The van der Waals surface area contributed by atoms with Gasteiger partial charge in [-0.3, -0.25) is 0 Å². The Morgan fingerprint density at radius 1 is 0.893 bits per heavy atom. The number of amides is 1. The highest BCUT2D eigenvalue weighted by Gasteiger charge is 2.29. The molecule has 0 unspecified atom stereocenters. The molecule has 0 heterocycles. The minimum absolute atomic E-state index is 0.0543. The van der Waals surface area contributed by atoms with Gasteiger partial charge in [0, 0.05) is 16.4 Å². The Bertz CT molecular complexity index is 912. The highest BCUT2D eigenvalue weighted by atomic mass is 127. The van der Waals surface area contributed by atoms with Gasteiger partial charge in [0.15, 0.2) is 0 Å². The number of alkyl halides is 1. The number of fused-ring (bicyclic) bond motifs is 3. The summed E-state index contributed by atoms with van der Waals surface area (Å²) in [6.07, 6.45) is 0.452. The second-order valence-electron chi connectivity index (χ2n) is 7.01. The first-order valence-corrected chi connectivity index (χ1v) is 11.0. The van der Waals surface area contributed by atoms with Crippen molar-refractivity contribution in [3.05, 3.63) is 95.6 Å². The Morgan fingerprint density at radius 2 is 1.46 bits per heavy atom. The maximum atomic E-state index is 12.4. The van der Waals surface area contributed by atoms with Crippen LogP contribution >= 0.6 is 22.6 Å². The maximum absolute atomic E-state index is 12.4. The van der Waals surface area contributed by atoms with E-state index in [1.54, 1.807) is 0 Å². The van der Waals surface area contributed by atoms with Crippen molar-refractivity contribution in [1.82, 2.24) is 5.32 Å². The van der Waals surface area contributed by atoms with Crippen LogP contribution in [0.1, 0.15) is 22.6 Å². The average Bonchev–Trinajstić information content (AvgIpc) is 3.06. The van der Waals surface area contributed by atoms with E-state index >= 15 is 0 Å². The number of ether oxygens (including phenoxy) is 1. The summed E-state index contributed by atoms with van der Waals surface area (Å²) in [6.45, 7) is 0.346. The third-order valence-electron chi connectivity index (χ3n) is 5.18. The SMILES string of the molecule is O=C(N[C@H](CI)Cc1ccccc1)OCC1c2ccccc2-c2ccccc21. The van der Waals surface area contributed by atoms with Crippen molar-refractivity contribution in [1.29, 1.82) is 0 Å². The highest BCUT2D eigenvalue weighted by Crippen LogP contribution is 2.44. The van der Waals surface area contributed by atoms with Crippen molar-refractivity contribution >= 4 is 28.7 Å². The molecular formula is C24H22INO2. The molecule has 28 heavy (non-hydrogen) atoms. The molecule has 0 spiro atoms. The van der Waals surface area contributed by atoms with Crippen LogP contribution < -0.4 is 5.32 Å². The van der Waals surface area contributed by atoms with Crippen LogP contribution in [-0.2, 0) is 11.2 Å². The molecule has 1 amide bonds. The van der Waals surface area contributed by atoms with E-state index in [2.05, 4.69) is 76.4 Å². The van der Waals surface area contributed by atoms with Gasteiger partial charge in [-0.15, -0.1) is 0 Å². The first-order chi connectivity index (χ1) is 13.8. The van der Waals surface area contributed by atoms with E-state index in [1.165, 1.54) is 27.8 Å². The van der Waals surface area contributed by atoms with Gasteiger partial charge in [0.05, 0.1) is 0 Å². The van der Waals surface area contributed by atoms with Crippen LogP contribution in [0, 0.1) is 0 Å². The second kappa shape index (κ2) is 8.78. The molecule has 3 aromatic carbocycles. The molecule has 0 bridgehead atoms. The van der Waals surface area contributed by atoms with Crippen molar-refractivity contribution in [2.24, 2.45) is 0 Å². The first kappa shape index (κ1) is 19.0. The lowest BCUT2D eigenvalue weighted by Gasteiger charge is -2.18. The molecule has 4 heteroatoms. The molecule has 0 aliphatic heterocycles. The van der Waals surface area contributed by atoms with Crippen LogP contribution in [0.4, 0.5) is 4.79 Å². The smallest absolute Gasteiger partial charge is 0.407 e. The number of halogens is 1. The van der Waals surface area contributed by atoms with E-state index in [9.17, 15) is 4.79 Å². The summed E-state index contributed by atoms with van der Waals surface area (Å²) in [6, 6.07) is 27.0. The number of benzene rings is 3. The normalized spacial score (nSPS) is 13.5.